The van der Waals surface area contributed by atoms with Crippen LogP contribution in [-0.2, 0) is 17.4 Å². The maximum atomic E-state index is 9.18. The average Bonchev–Trinajstić information content (AvgIpc) is 2.08. The summed E-state index contributed by atoms with van der Waals surface area (Å²) in [6.45, 7) is -0.432. The summed E-state index contributed by atoms with van der Waals surface area (Å²) in [4.78, 5) is 0. The second kappa shape index (κ2) is 7.39. The summed E-state index contributed by atoms with van der Waals surface area (Å²) < 4.78 is 4.84. The van der Waals surface area contributed by atoms with Gasteiger partial charge in [0.25, 0.3) is 0 Å². The van der Waals surface area contributed by atoms with E-state index < -0.39 is 36.5 Å². The van der Waals surface area contributed by atoms with Crippen molar-refractivity contribution >= 4 is 12.6 Å². The van der Waals surface area contributed by atoms with Gasteiger partial charge in [-0.05, 0) is 5.44 Å². The van der Waals surface area contributed by atoms with Crippen LogP contribution in [0.3, 0.4) is 0 Å². The van der Waals surface area contributed by atoms with E-state index in [0.29, 0.717) is 0 Å². The van der Waals surface area contributed by atoms with Crippen molar-refractivity contribution in [2.75, 3.05) is 6.61 Å². The molecule has 1 aliphatic heterocycles. The van der Waals surface area contributed by atoms with E-state index >= 15 is 0 Å². The molecule has 1 fully saturated rings. The maximum Gasteiger partial charge on any atom is 1.00 e. The normalized spacial score (nSPS) is 42.2. The third-order valence-electron chi connectivity index (χ3n) is 1.85. The Bertz CT molecular complexity index is 157. The van der Waals surface area contributed by atoms with Gasteiger partial charge in [-0.15, -0.1) is 0 Å². The number of hydrogen-bond acceptors (Lipinski definition) is 6. The van der Waals surface area contributed by atoms with Crippen LogP contribution in [0.1, 0.15) is 0 Å². The fraction of sp³-hybridized carbons (Fsp3) is 1.00. The van der Waals surface area contributed by atoms with Crippen LogP contribution < -0.4 is 29.6 Å². The molecule has 1 saturated heterocycles. The zero-order valence-electron chi connectivity index (χ0n) is 7.70. The van der Waals surface area contributed by atoms with Crippen molar-refractivity contribution in [3.63, 3.8) is 0 Å². The van der Waals surface area contributed by atoms with Crippen molar-refractivity contribution in [2.45, 2.75) is 29.9 Å². The smallest absolute Gasteiger partial charge is 0.759 e. The first kappa shape index (κ1) is 17.5. The molecule has 14 heavy (non-hydrogen) atoms. The molecule has 5 atom stereocenters. The molecule has 6 nitrogen and oxygen atoms in total. The average molecular weight is 236 g/mol. The van der Waals surface area contributed by atoms with Crippen molar-refractivity contribution in [2.24, 2.45) is 0 Å². The molecule has 0 bridgehead atoms. The van der Waals surface area contributed by atoms with E-state index in [9.17, 15) is 5.11 Å². The van der Waals surface area contributed by atoms with Crippen LogP contribution in [0.25, 0.3) is 0 Å². The van der Waals surface area contributed by atoms with Crippen molar-refractivity contribution in [3.05, 3.63) is 0 Å². The van der Waals surface area contributed by atoms with Gasteiger partial charge in [-0.25, -0.2) is 0 Å². The van der Waals surface area contributed by atoms with Gasteiger partial charge in [-0.2, -0.15) is 0 Å². The van der Waals surface area contributed by atoms with E-state index in [2.05, 4.69) is 12.6 Å². The van der Waals surface area contributed by atoms with Gasteiger partial charge in [0.15, 0.2) is 0 Å². The first-order valence-corrected chi connectivity index (χ1v) is 4.01. The molecule has 0 aromatic heterocycles. The Hall–Kier alpha value is 1.11. The fourth-order valence-electron chi connectivity index (χ4n) is 1.07. The summed E-state index contributed by atoms with van der Waals surface area (Å²) in [6, 6.07) is 0. The minimum Gasteiger partial charge on any atom is -0.759 e. The third-order valence-corrected chi connectivity index (χ3v) is 2.24. The first-order chi connectivity index (χ1) is 5.57. The van der Waals surface area contributed by atoms with Gasteiger partial charge in [0.05, 0.1) is 12.7 Å². The van der Waals surface area contributed by atoms with Crippen LogP contribution in [-0.4, -0.2) is 62.4 Å². The van der Waals surface area contributed by atoms with Gasteiger partial charge in [0.1, 0.15) is 18.3 Å². The van der Waals surface area contributed by atoms with E-state index in [1.54, 1.807) is 0 Å². The Labute approximate surface area is 109 Å². The molecule has 0 aromatic rings. The summed E-state index contributed by atoms with van der Waals surface area (Å²) in [5, 5.41) is 36.1. The van der Waals surface area contributed by atoms with E-state index in [4.69, 9.17) is 20.1 Å². The largest absolute Gasteiger partial charge is 1.00 e. The topological polar surface area (TPSA) is 122 Å². The van der Waals surface area contributed by atoms with Crippen LogP contribution in [0, 0.1) is 0 Å². The Kier molecular flexibility index (Phi) is 9.24. The van der Waals surface area contributed by atoms with Gasteiger partial charge in [0.2, 0.25) is 0 Å². The Morgan fingerprint density at radius 3 is 2.00 bits per heavy atom. The number of rotatable bonds is 1. The Balaban J connectivity index is 0. The maximum absolute atomic E-state index is 9.18. The van der Waals surface area contributed by atoms with Gasteiger partial charge in [-0.3, -0.25) is 0 Å². The zero-order valence-corrected chi connectivity index (χ0v) is 10.5. The summed E-state index contributed by atoms with van der Waals surface area (Å²) >= 11 is 4.63. The van der Waals surface area contributed by atoms with E-state index in [-0.39, 0.29) is 35.0 Å². The molecule has 0 radical (unpaired) electrons. The molecular weight excluding hydrogens is 223 g/mol. The fourth-order valence-corrected chi connectivity index (χ4v) is 1.37. The quantitative estimate of drug-likeness (QED) is 0.265. The molecule has 0 aliphatic carbocycles. The van der Waals surface area contributed by atoms with Gasteiger partial charge < -0.3 is 43.3 Å². The van der Waals surface area contributed by atoms with Crippen molar-refractivity contribution in [1.29, 1.82) is 0 Å². The first-order valence-electron chi connectivity index (χ1n) is 3.54. The van der Waals surface area contributed by atoms with Crippen LogP contribution in [0.2, 0.25) is 0 Å². The minimum atomic E-state index is -1.35. The number of ether oxygens (including phenoxy) is 1. The summed E-state index contributed by atoms with van der Waals surface area (Å²) in [5.41, 5.74) is -0.986. The minimum absolute atomic E-state index is 0. The van der Waals surface area contributed by atoms with Crippen LogP contribution in [0.15, 0.2) is 0 Å². The van der Waals surface area contributed by atoms with Crippen molar-refractivity contribution < 1.29 is 60.2 Å². The van der Waals surface area contributed by atoms with Crippen molar-refractivity contribution in [3.8, 4) is 0 Å². The molecular formula is C6H13NaO6S. The molecule has 0 spiro atoms. The molecule has 0 aromatic carbocycles. The van der Waals surface area contributed by atoms with Gasteiger partial charge in [-0.1, -0.05) is 0 Å². The summed E-state index contributed by atoms with van der Waals surface area (Å²) in [5.74, 6) is 0. The predicted octanol–water partition coefficient (Wildman–Crippen LogP) is -6.49. The number of aliphatic hydroxyl groups excluding tert-OH is 4. The molecule has 0 amide bonds. The van der Waals surface area contributed by atoms with Crippen LogP contribution in [0.4, 0.5) is 0 Å². The molecule has 0 unspecified atom stereocenters. The van der Waals surface area contributed by atoms with Crippen molar-refractivity contribution in [1.82, 2.24) is 0 Å². The second-order valence-corrected chi connectivity index (χ2v) is 3.16. The van der Waals surface area contributed by atoms with Crippen LogP contribution in [0.5, 0.6) is 0 Å². The van der Waals surface area contributed by atoms with Crippen LogP contribution >= 0.6 is 0 Å². The van der Waals surface area contributed by atoms with E-state index in [1.165, 1.54) is 0 Å². The standard InChI is InChI=1S/C6H12O5S.Na.H2O/c7-1-2-3(8)4(9)5(10)6(12)11-2;;/h2-10,12H,1H2;;1H2/q;+1;/p-1/t2-,3+,4+,5-,6+;;/m1../s1. The molecule has 8 heteroatoms. The third kappa shape index (κ3) is 3.60. The van der Waals surface area contributed by atoms with E-state index in [1.807, 2.05) is 0 Å². The Morgan fingerprint density at radius 2 is 1.57 bits per heavy atom. The molecule has 0 saturated carbocycles. The molecule has 1 heterocycles. The van der Waals surface area contributed by atoms with Gasteiger partial charge in [0, 0.05) is 0 Å². The summed E-state index contributed by atoms with van der Waals surface area (Å²) in [6.07, 6.45) is -4.83. The monoisotopic (exact) mass is 236 g/mol. The second-order valence-electron chi connectivity index (χ2n) is 2.70. The molecule has 6 N–H and O–H groups in total. The van der Waals surface area contributed by atoms with Gasteiger partial charge >= 0.3 is 29.6 Å². The zero-order chi connectivity index (χ0) is 9.30. The Morgan fingerprint density at radius 1 is 1.07 bits per heavy atom. The van der Waals surface area contributed by atoms with E-state index in [0.717, 1.165) is 0 Å². The molecule has 1 aliphatic rings. The molecule has 80 valence electrons. The number of hydrogen-bond donors (Lipinski definition) is 4. The SMILES string of the molecule is O.OC[C@H]1O[C@@H]([S-])[C@H](O)[C@@H](O)[C@H]1O.[Na+]. The number of aliphatic hydroxyl groups is 4. The predicted molar refractivity (Wildman–Crippen MR) is 44.7 cm³/mol. The summed E-state index contributed by atoms with van der Waals surface area (Å²) in [7, 11) is 0. The molecule has 1 rings (SSSR count).